The van der Waals surface area contributed by atoms with E-state index in [1.807, 2.05) is 24.1 Å². The number of piperidine rings is 1. The molecule has 1 fully saturated rings. The maximum absolute atomic E-state index is 12.6. The van der Waals surface area contributed by atoms with Gasteiger partial charge in [0.1, 0.15) is 5.69 Å². The van der Waals surface area contributed by atoms with Crippen LogP contribution in [0.2, 0.25) is 0 Å². The summed E-state index contributed by atoms with van der Waals surface area (Å²) in [4.78, 5) is 14.4. The van der Waals surface area contributed by atoms with Crippen LogP contribution in [0.1, 0.15) is 49.6 Å². The largest absolute Gasteiger partial charge is 0.340 e. The Morgan fingerprint density at radius 3 is 2.80 bits per heavy atom. The molecule has 0 unspecified atom stereocenters. The van der Waals surface area contributed by atoms with Gasteiger partial charge in [-0.2, -0.15) is 0 Å². The summed E-state index contributed by atoms with van der Waals surface area (Å²) in [7, 11) is 1.91. The van der Waals surface area contributed by atoms with E-state index < -0.39 is 0 Å². The molecule has 1 N–H and O–H groups in total. The number of carbonyl (C=O) groups excluding carboxylic acids is 1. The molecule has 1 aliphatic heterocycles. The third-order valence-corrected chi connectivity index (χ3v) is 4.09. The van der Waals surface area contributed by atoms with E-state index in [0.29, 0.717) is 12.0 Å². The molecule has 0 bridgehead atoms. The van der Waals surface area contributed by atoms with E-state index >= 15 is 0 Å². The van der Waals surface area contributed by atoms with Crippen molar-refractivity contribution in [1.29, 1.82) is 0 Å². The van der Waals surface area contributed by atoms with Crippen molar-refractivity contribution < 1.29 is 4.79 Å². The molecule has 112 valence electrons. The summed E-state index contributed by atoms with van der Waals surface area (Å²) in [5.74, 6) is 0.774. The minimum Gasteiger partial charge on any atom is -0.340 e. The predicted molar refractivity (Wildman–Crippen MR) is 82.0 cm³/mol. The van der Waals surface area contributed by atoms with E-state index in [1.54, 1.807) is 0 Å². The maximum atomic E-state index is 12.6. The Balaban J connectivity index is 2.04. The topological polar surface area (TPSA) is 37.3 Å². The van der Waals surface area contributed by atoms with Crippen molar-refractivity contribution in [3.8, 4) is 0 Å². The summed E-state index contributed by atoms with van der Waals surface area (Å²) in [6.45, 7) is 7.29. The zero-order valence-corrected chi connectivity index (χ0v) is 12.9. The molecule has 2 heterocycles. The molecule has 2 rings (SSSR count). The fourth-order valence-corrected chi connectivity index (χ4v) is 2.73. The Labute approximate surface area is 122 Å². The Bertz CT molecular complexity index is 433. The molecule has 1 aromatic heterocycles. The number of aromatic nitrogens is 1. The minimum absolute atomic E-state index is 0.147. The van der Waals surface area contributed by atoms with Gasteiger partial charge in [-0.25, -0.2) is 0 Å². The Hall–Kier alpha value is -1.29. The van der Waals surface area contributed by atoms with Gasteiger partial charge in [0.25, 0.3) is 5.91 Å². The van der Waals surface area contributed by atoms with Crippen LogP contribution in [0.4, 0.5) is 0 Å². The standard InChI is InChI=1S/C16H27N3O/c1-13(2)8-12-18(3)16(20)15-5-4-11-19(15)14-6-9-17-10-7-14/h4-5,11,13-14,17H,6-10,12H2,1-3H3. The minimum atomic E-state index is 0.147. The first-order valence-electron chi connectivity index (χ1n) is 7.72. The van der Waals surface area contributed by atoms with Crippen LogP contribution < -0.4 is 5.32 Å². The maximum Gasteiger partial charge on any atom is 0.270 e. The summed E-state index contributed by atoms with van der Waals surface area (Å²) in [6, 6.07) is 4.41. The molecule has 4 heteroatoms. The van der Waals surface area contributed by atoms with E-state index in [4.69, 9.17) is 0 Å². The van der Waals surface area contributed by atoms with Gasteiger partial charge in [-0.15, -0.1) is 0 Å². The SMILES string of the molecule is CC(C)CCN(C)C(=O)c1cccn1C1CCNCC1. The van der Waals surface area contributed by atoms with Gasteiger partial charge >= 0.3 is 0 Å². The van der Waals surface area contributed by atoms with Gasteiger partial charge in [0.2, 0.25) is 0 Å². The first-order valence-corrected chi connectivity index (χ1v) is 7.72. The monoisotopic (exact) mass is 277 g/mol. The highest BCUT2D eigenvalue weighted by atomic mass is 16.2. The molecule has 0 radical (unpaired) electrons. The number of amides is 1. The smallest absolute Gasteiger partial charge is 0.270 e. The van der Waals surface area contributed by atoms with Gasteiger partial charge in [-0.3, -0.25) is 4.79 Å². The molecule has 20 heavy (non-hydrogen) atoms. The Morgan fingerprint density at radius 2 is 2.15 bits per heavy atom. The lowest BCUT2D eigenvalue weighted by Crippen LogP contribution is -2.33. The summed E-state index contributed by atoms with van der Waals surface area (Å²) in [5.41, 5.74) is 0.836. The highest BCUT2D eigenvalue weighted by molar-refractivity contribution is 5.92. The molecular formula is C16H27N3O. The highest BCUT2D eigenvalue weighted by Gasteiger charge is 2.21. The molecule has 0 aliphatic carbocycles. The second kappa shape index (κ2) is 6.93. The first kappa shape index (κ1) is 15.1. The van der Waals surface area contributed by atoms with Gasteiger partial charge in [0, 0.05) is 25.8 Å². The first-order chi connectivity index (χ1) is 9.59. The van der Waals surface area contributed by atoms with Gasteiger partial charge < -0.3 is 14.8 Å². The second-order valence-electron chi connectivity index (χ2n) is 6.19. The van der Waals surface area contributed by atoms with Crippen LogP contribution in [0.3, 0.4) is 0 Å². The van der Waals surface area contributed by atoms with Crippen LogP contribution in [-0.4, -0.2) is 42.1 Å². The fraction of sp³-hybridized carbons (Fsp3) is 0.688. The van der Waals surface area contributed by atoms with E-state index in [1.165, 1.54) is 0 Å². The molecule has 1 aromatic rings. The van der Waals surface area contributed by atoms with E-state index in [-0.39, 0.29) is 5.91 Å². The lowest BCUT2D eigenvalue weighted by molar-refractivity contribution is 0.0774. The van der Waals surface area contributed by atoms with Crippen molar-refractivity contribution in [2.45, 2.75) is 39.2 Å². The summed E-state index contributed by atoms with van der Waals surface area (Å²) >= 11 is 0. The van der Waals surface area contributed by atoms with Crippen molar-refractivity contribution >= 4 is 5.91 Å². The van der Waals surface area contributed by atoms with Crippen LogP contribution in [0.15, 0.2) is 18.3 Å². The van der Waals surface area contributed by atoms with E-state index in [2.05, 4.69) is 29.9 Å². The van der Waals surface area contributed by atoms with Crippen molar-refractivity contribution in [2.24, 2.45) is 5.92 Å². The quantitative estimate of drug-likeness (QED) is 0.898. The molecule has 0 atom stereocenters. The molecular weight excluding hydrogens is 250 g/mol. The van der Waals surface area contributed by atoms with Gasteiger partial charge in [0.05, 0.1) is 0 Å². The molecule has 0 spiro atoms. The lowest BCUT2D eigenvalue weighted by Gasteiger charge is -2.27. The molecule has 1 saturated heterocycles. The molecule has 1 aliphatic rings. The van der Waals surface area contributed by atoms with Gasteiger partial charge in [0.15, 0.2) is 0 Å². The van der Waals surface area contributed by atoms with Crippen LogP contribution in [0.5, 0.6) is 0 Å². The van der Waals surface area contributed by atoms with Crippen LogP contribution in [0, 0.1) is 5.92 Å². The average molecular weight is 277 g/mol. The van der Waals surface area contributed by atoms with Gasteiger partial charge in [-0.05, 0) is 50.4 Å². The average Bonchev–Trinajstić information content (AvgIpc) is 2.94. The normalized spacial score (nSPS) is 16.6. The Morgan fingerprint density at radius 1 is 1.45 bits per heavy atom. The molecule has 0 aromatic carbocycles. The number of hydrogen-bond acceptors (Lipinski definition) is 2. The van der Waals surface area contributed by atoms with Crippen molar-refractivity contribution in [3.63, 3.8) is 0 Å². The summed E-state index contributed by atoms with van der Waals surface area (Å²) < 4.78 is 2.18. The predicted octanol–water partition coefficient (Wildman–Crippen LogP) is 2.53. The second-order valence-corrected chi connectivity index (χ2v) is 6.19. The number of carbonyl (C=O) groups is 1. The third kappa shape index (κ3) is 3.63. The van der Waals surface area contributed by atoms with E-state index in [0.717, 1.165) is 44.6 Å². The molecule has 1 amide bonds. The highest BCUT2D eigenvalue weighted by Crippen LogP contribution is 2.22. The number of rotatable bonds is 5. The zero-order valence-electron chi connectivity index (χ0n) is 12.9. The number of nitrogens with zero attached hydrogens (tertiary/aromatic N) is 2. The third-order valence-electron chi connectivity index (χ3n) is 4.09. The lowest BCUT2D eigenvalue weighted by atomic mass is 10.1. The van der Waals surface area contributed by atoms with Crippen molar-refractivity contribution in [3.05, 3.63) is 24.0 Å². The van der Waals surface area contributed by atoms with Gasteiger partial charge in [-0.1, -0.05) is 13.8 Å². The molecule has 4 nitrogen and oxygen atoms in total. The number of hydrogen-bond donors (Lipinski definition) is 1. The molecule has 0 saturated carbocycles. The van der Waals surface area contributed by atoms with Crippen LogP contribution in [-0.2, 0) is 0 Å². The van der Waals surface area contributed by atoms with E-state index in [9.17, 15) is 4.79 Å². The summed E-state index contributed by atoms with van der Waals surface area (Å²) in [5, 5.41) is 3.37. The zero-order chi connectivity index (χ0) is 14.5. The van der Waals surface area contributed by atoms with Crippen molar-refractivity contribution in [1.82, 2.24) is 14.8 Å². The Kier molecular flexibility index (Phi) is 5.24. The fourth-order valence-electron chi connectivity index (χ4n) is 2.73. The van der Waals surface area contributed by atoms with Crippen LogP contribution in [0.25, 0.3) is 0 Å². The number of nitrogens with one attached hydrogen (secondary N) is 1. The summed E-state index contributed by atoms with van der Waals surface area (Å²) in [6.07, 6.45) is 5.31. The van der Waals surface area contributed by atoms with Crippen molar-refractivity contribution in [2.75, 3.05) is 26.7 Å². The van der Waals surface area contributed by atoms with Crippen LogP contribution >= 0.6 is 0 Å².